The van der Waals surface area contributed by atoms with Gasteiger partial charge in [-0.2, -0.15) is 0 Å². The number of aromatic amines is 1. The minimum Gasteiger partial charge on any atom is -0.508 e. The molecule has 0 bridgehead atoms. The fourth-order valence-electron chi connectivity index (χ4n) is 2.48. The molecule has 1 aromatic heterocycles. The van der Waals surface area contributed by atoms with E-state index in [9.17, 15) is 14.7 Å². The molecule has 0 aliphatic rings. The maximum Gasteiger partial charge on any atom is 0.317 e. The van der Waals surface area contributed by atoms with Crippen LogP contribution >= 0.6 is 0 Å². The molecule has 1 heterocycles. The number of nitrogens with one attached hydrogen (secondary N) is 2. The van der Waals surface area contributed by atoms with Crippen molar-refractivity contribution in [3.8, 4) is 17.6 Å². The molecule has 3 aromatic rings. The van der Waals surface area contributed by atoms with Crippen molar-refractivity contribution in [2.45, 2.75) is 0 Å². The molecular formula is C18H14N4O3. The van der Waals surface area contributed by atoms with Gasteiger partial charge < -0.3 is 21.6 Å². The number of urea groups is 1. The van der Waals surface area contributed by atoms with Crippen LogP contribution in [-0.4, -0.2) is 22.0 Å². The van der Waals surface area contributed by atoms with E-state index >= 15 is 0 Å². The van der Waals surface area contributed by atoms with E-state index in [1.165, 1.54) is 0 Å². The number of fused-ring (bicyclic) bond motifs is 1. The molecule has 7 heteroatoms. The minimum atomic E-state index is -0.807. The lowest BCUT2D eigenvalue weighted by Gasteiger charge is -2.00. The molecule has 0 aliphatic carbocycles. The van der Waals surface area contributed by atoms with Crippen LogP contribution in [0.2, 0.25) is 0 Å². The summed E-state index contributed by atoms with van der Waals surface area (Å²) < 4.78 is 0. The smallest absolute Gasteiger partial charge is 0.317 e. The Balaban J connectivity index is 2.03. The number of hydrogen-bond acceptors (Lipinski definition) is 3. The van der Waals surface area contributed by atoms with Crippen LogP contribution in [0.3, 0.4) is 0 Å². The number of phenols is 1. The van der Waals surface area contributed by atoms with Crippen molar-refractivity contribution in [2.75, 3.05) is 5.32 Å². The number of carbonyl (C=O) groups is 2. The highest BCUT2D eigenvalue weighted by molar-refractivity contribution is 6.13. The first-order chi connectivity index (χ1) is 11.9. The van der Waals surface area contributed by atoms with E-state index < -0.39 is 11.9 Å². The summed E-state index contributed by atoms with van der Waals surface area (Å²) in [5, 5.41) is 12.3. The van der Waals surface area contributed by atoms with Gasteiger partial charge in [-0.05, 0) is 30.3 Å². The summed E-state index contributed by atoms with van der Waals surface area (Å²) in [6.45, 7) is 0. The number of rotatable bonds is 2. The molecule has 124 valence electrons. The molecule has 7 N–H and O–H groups in total. The van der Waals surface area contributed by atoms with E-state index in [1.807, 2.05) is 0 Å². The Kier molecular flexibility index (Phi) is 4.02. The number of phenolic OH excluding ortho intramolecular Hbond substituents is 1. The van der Waals surface area contributed by atoms with E-state index in [-0.39, 0.29) is 17.1 Å². The molecule has 0 saturated heterocycles. The van der Waals surface area contributed by atoms with E-state index in [0.717, 1.165) is 0 Å². The molecule has 3 rings (SSSR count). The van der Waals surface area contributed by atoms with Gasteiger partial charge in [-0.15, -0.1) is 0 Å². The zero-order valence-electron chi connectivity index (χ0n) is 13.0. The molecular weight excluding hydrogens is 320 g/mol. The topological polar surface area (TPSA) is 134 Å². The molecule has 25 heavy (non-hydrogen) atoms. The molecule has 0 fully saturated rings. The van der Waals surface area contributed by atoms with Crippen LogP contribution in [0.15, 0.2) is 42.5 Å². The Morgan fingerprint density at radius 2 is 1.76 bits per heavy atom. The number of benzene rings is 2. The van der Waals surface area contributed by atoms with Crippen molar-refractivity contribution in [1.82, 2.24) is 4.98 Å². The third-order valence-corrected chi connectivity index (χ3v) is 3.49. The van der Waals surface area contributed by atoms with Crippen LogP contribution in [0.25, 0.3) is 10.9 Å². The van der Waals surface area contributed by atoms with Gasteiger partial charge in [0.1, 0.15) is 11.6 Å². The van der Waals surface area contributed by atoms with Crippen molar-refractivity contribution in [3.05, 3.63) is 59.2 Å². The normalized spacial score (nSPS) is 10.1. The van der Waals surface area contributed by atoms with Crippen LogP contribution in [0.5, 0.6) is 5.75 Å². The van der Waals surface area contributed by atoms with Gasteiger partial charge in [0, 0.05) is 22.0 Å². The third kappa shape index (κ3) is 3.38. The Bertz CT molecular complexity index is 1060. The fourth-order valence-corrected chi connectivity index (χ4v) is 2.48. The molecule has 3 amide bonds. The number of H-pyrrole nitrogens is 1. The second-order valence-electron chi connectivity index (χ2n) is 5.29. The number of hydrogen-bond donors (Lipinski definition) is 5. The molecule has 2 aromatic carbocycles. The number of carbonyl (C=O) groups excluding carboxylic acids is 2. The quantitative estimate of drug-likeness (QED) is 0.458. The largest absolute Gasteiger partial charge is 0.508 e. The van der Waals surface area contributed by atoms with Gasteiger partial charge >= 0.3 is 6.03 Å². The highest BCUT2D eigenvalue weighted by Gasteiger charge is 2.17. The van der Waals surface area contributed by atoms with Crippen molar-refractivity contribution in [1.29, 1.82) is 0 Å². The highest BCUT2D eigenvalue weighted by atomic mass is 16.3. The summed E-state index contributed by atoms with van der Waals surface area (Å²) in [5.41, 5.74) is 12.6. The number of nitrogens with two attached hydrogens (primary N) is 2. The van der Waals surface area contributed by atoms with Crippen LogP contribution in [0.4, 0.5) is 10.6 Å². The molecule has 0 aliphatic heterocycles. The minimum absolute atomic E-state index is 0.139. The highest BCUT2D eigenvalue weighted by Crippen LogP contribution is 2.26. The number of anilines is 1. The molecule has 0 unspecified atom stereocenters. The number of aromatic nitrogens is 1. The molecule has 0 saturated carbocycles. The lowest BCUT2D eigenvalue weighted by atomic mass is 10.1. The van der Waals surface area contributed by atoms with Crippen LogP contribution in [0.1, 0.15) is 21.5 Å². The van der Waals surface area contributed by atoms with Crippen LogP contribution in [-0.2, 0) is 0 Å². The van der Waals surface area contributed by atoms with E-state index in [2.05, 4.69) is 22.1 Å². The summed E-state index contributed by atoms with van der Waals surface area (Å²) in [5.74, 6) is 5.51. The van der Waals surface area contributed by atoms with E-state index in [4.69, 9.17) is 11.5 Å². The van der Waals surface area contributed by atoms with Gasteiger partial charge in [0.05, 0.1) is 5.56 Å². The van der Waals surface area contributed by atoms with Crippen molar-refractivity contribution in [3.63, 3.8) is 0 Å². The number of primary amides is 2. The van der Waals surface area contributed by atoms with Gasteiger partial charge in [0.15, 0.2) is 0 Å². The predicted octanol–water partition coefficient (Wildman–Crippen LogP) is 1.86. The predicted molar refractivity (Wildman–Crippen MR) is 94.1 cm³/mol. The number of amides is 3. The lowest BCUT2D eigenvalue weighted by molar-refractivity contribution is 0.100. The van der Waals surface area contributed by atoms with Crippen LogP contribution in [0, 0.1) is 11.8 Å². The first-order valence-electron chi connectivity index (χ1n) is 7.27. The summed E-state index contributed by atoms with van der Waals surface area (Å²) in [6.07, 6.45) is 0. The number of aromatic hydroxyl groups is 1. The average molecular weight is 334 g/mol. The van der Waals surface area contributed by atoms with E-state index in [0.29, 0.717) is 22.0 Å². The van der Waals surface area contributed by atoms with Crippen molar-refractivity contribution < 1.29 is 14.7 Å². The monoisotopic (exact) mass is 334 g/mol. The molecule has 0 radical (unpaired) electrons. The molecule has 0 atom stereocenters. The van der Waals surface area contributed by atoms with Crippen molar-refractivity contribution >= 4 is 28.7 Å². The fraction of sp³-hybridized carbons (Fsp3) is 0. The van der Waals surface area contributed by atoms with E-state index in [1.54, 1.807) is 42.5 Å². The summed E-state index contributed by atoms with van der Waals surface area (Å²) in [4.78, 5) is 25.6. The van der Waals surface area contributed by atoms with Gasteiger partial charge in [-0.3, -0.25) is 10.1 Å². The summed E-state index contributed by atoms with van der Waals surface area (Å²) in [6, 6.07) is 10.9. The Labute approximate surface area is 142 Å². The van der Waals surface area contributed by atoms with Gasteiger partial charge in [0.2, 0.25) is 0 Å². The summed E-state index contributed by atoms with van der Waals surface area (Å²) >= 11 is 0. The third-order valence-electron chi connectivity index (χ3n) is 3.49. The molecule has 0 spiro atoms. The van der Waals surface area contributed by atoms with Gasteiger partial charge in [0.25, 0.3) is 5.91 Å². The molecule has 7 nitrogen and oxygen atoms in total. The Morgan fingerprint density at radius 1 is 1.04 bits per heavy atom. The maximum atomic E-state index is 11.7. The van der Waals surface area contributed by atoms with Crippen molar-refractivity contribution in [2.24, 2.45) is 11.5 Å². The lowest BCUT2D eigenvalue weighted by Crippen LogP contribution is -2.22. The second kappa shape index (κ2) is 6.29. The Hall–Kier alpha value is -3.92. The average Bonchev–Trinajstić information content (AvgIpc) is 2.89. The first-order valence-corrected chi connectivity index (χ1v) is 7.27. The zero-order chi connectivity index (χ0) is 18.0. The SMILES string of the molecule is NC(=O)Nc1[nH]c2cc(C#Cc3cccc(O)c3)ccc2c1C(N)=O. The first kappa shape index (κ1) is 16.0. The maximum absolute atomic E-state index is 11.7. The van der Waals surface area contributed by atoms with Crippen LogP contribution < -0.4 is 16.8 Å². The standard InChI is InChI=1S/C18H14N4O3/c19-16(24)15-13-7-6-11(5-4-10-2-1-3-12(23)8-10)9-14(13)21-17(15)22-18(20)25/h1-3,6-9,21,23H,(H2,19,24)(H3,20,22,25). The van der Waals surface area contributed by atoms with Gasteiger partial charge in [-0.25, -0.2) is 4.79 Å². The Morgan fingerprint density at radius 3 is 2.40 bits per heavy atom. The van der Waals surface area contributed by atoms with Gasteiger partial charge in [-0.1, -0.05) is 24.0 Å². The second-order valence-corrected chi connectivity index (χ2v) is 5.29. The zero-order valence-corrected chi connectivity index (χ0v) is 13.0. The summed E-state index contributed by atoms with van der Waals surface area (Å²) in [7, 11) is 0.